The molecule has 2 N–H and O–H groups in total. The Hall–Kier alpha value is -5.41. The van der Waals surface area contributed by atoms with Gasteiger partial charge in [0.15, 0.2) is 0 Å². The van der Waals surface area contributed by atoms with Crippen LogP contribution < -0.4 is 10.1 Å². The van der Waals surface area contributed by atoms with Crippen LogP contribution >= 0.6 is 0 Å². The molecule has 1 aliphatic carbocycles. The second kappa shape index (κ2) is 18.7. The molecule has 1 fully saturated rings. The molecule has 9 nitrogen and oxygen atoms in total. The van der Waals surface area contributed by atoms with Crippen molar-refractivity contribution in [1.82, 2.24) is 14.8 Å². The van der Waals surface area contributed by atoms with Gasteiger partial charge in [-0.05, 0) is 103 Å². The maximum Gasteiger partial charge on any atom is 0.255 e. The van der Waals surface area contributed by atoms with Crippen LogP contribution in [0.1, 0.15) is 135 Å². The zero-order valence-corrected chi connectivity index (χ0v) is 34.3. The Balaban J connectivity index is 0.685. The lowest BCUT2D eigenvalue weighted by Gasteiger charge is -2.37. The second-order valence-corrected chi connectivity index (χ2v) is 16.6. The first-order chi connectivity index (χ1) is 28.9. The van der Waals surface area contributed by atoms with Crippen LogP contribution in [-0.4, -0.2) is 51.6 Å². The van der Waals surface area contributed by atoms with Crippen LogP contribution in [0.4, 0.5) is 0 Å². The third-order valence-corrected chi connectivity index (χ3v) is 12.6. The summed E-state index contributed by atoms with van der Waals surface area (Å²) in [7, 11) is 0. The van der Waals surface area contributed by atoms with Crippen LogP contribution in [-0.2, 0) is 20.9 Å². The molecule has 1 aromatic heterocycles. The van der Waals surface area contributed by atoms with Crippen LogP contribution in [0, 0.1) is 6.92 Å². The SMILES string of the molecule is Cc1c(-c2ccccc2)n(Cc2ccc(OCCCCCCCCCCCCOC3CCC4c5c(cccc53)C(=O)N4C3CCC(=O)NC3=O)cc2)c2ccc(O)cc12. The summed E-state index contributed by atoms with van der Waals surface area (Å²) >= 11 is 0. The van der Waals surface area contributed by atoms with Crippen molar-refractivity contribution < 1.29 is 29.0 Å². The van der Waals surface area contributed by atoms with Crippen molar-refractivity contribution in [2.75, 3.05) is 13.2 Å². The molecule has 0 bridgehead atoms. The highest BCUT2D eigenvalue weighted by Gasteiger charge is 2.48. The molecule has 3 unspecified atom stereocenters. The number of benzene rings is 4. The number of fused-ring (bicyclic) bond motifs is 1. The van der Waals surface area contributed by atoms with E-state index in [1.165, 1.54) is 67.3 Å². The molecule has 0 spiro atoms. The Kier molecular flexibility index (Phi) is 12.8. The summed E-state index contributed by atoms with van der Waals surface area (Å²) in [6.45, 7) is 4.31. The van der Waals surface area contributed by atoms with Crippen molar-refractivity contribution in [3.05, 3.63) is 119 Å². The number of unbranched alkanes of at least 4 members (excludes halogenated alkanes) is 9. The lowest BCUT2D eigenvalue weighted by molar-refractivity contribution is -0.137. The van der Waals surface area contributed by atoms with E-state index in [4.69, 9.17) is 9.47 Å². The van der Waals surface area contributed by atoms with E-state index >= 15 is 0 Å². The summed E-state index contributed by atoms with van der Waals surface area (Å²) in [5.41, 5.74) is 8.60. The molecule has 0 saturated carbocycles. The fraction of sp³-hybridized carbons (Fsp3) is 0.420. The molecule has 9 heteroatoms. The van der Waals surface area contributed by atoms with E-state index in [-0.39, 0.29) is 42.0 Å². The minimum absolute atomic E-state index is 0.0276. The molecule has 59 heavy (non-hydrogen) atoms. The van der Waals surface area contributed by atoms with E-state index in [2.05, 4.69) is 71.4 Å². The highest BCUT2D eigenvalue weighted by Crippen LogP contribution is 2.48. The molecular weight excluding hydrogens is 739 g/mol. The number of carbonyl (C=O) groups excluding carboxylic acids is 3. The number of hydrogen-bond acceptors (Lipinski definition) is 6. The van der Waals surface area contributed by atoms with Crippen LogP contribution in [0.5, 0.6) is 11.5 Å². The summed E-state index contributed by atoms with van der Waals surface area (Å²) in [4.78, 5) is 39.5. The van der Waals surface area contributed by atoms with E-state index < -0.39 is 6.04 Å². The fourth-order valence-corrected chi connectivity index (χ4v) is 9.62. The van der Waals surface area contributed by atoms with Gasteiger partial charge in [0.05, 0.1) is 24.4 Å². The Morgan fingerprint density at radius 1 is 0.729 bits per heavy atom. The molecule has 308 valence electrons. The first kappa shape index (κ1) is 40.4. The number of phenols is 1. The molecule has 8 rings (SSSR count). The molecule has 3 atom stereocenters. The fourth-order valence-electron chi connectivity index (χ4n) is 9.62. The van der Waals surface area contributed by atoms with Crippen molar-refractivity contribution in [3.8, 4) is 22.8 Å². The highest BCUT2D eigenvalue weighted by molar-refractivity contribution is 6.06. The third kappa shape index (κ3) is 8.96. The summed E-state index contributed by atoms with van der Waals surface area (Å²) < 4.78 is 14.9. The zero-order chi connectivity index (χ0) is 40.7. The predicted octanol–water partition coefficient (Wildman–Crippen LogP) is 10.5. The molecular formula is C50H57N3O6. The minimum atomic E-state index is -0.596. The first-order valence-corrected chi connectivity index (χ1v) is 21.9. The van der Waals surface area contributed by atoms with E-state index in [0.717, 1.165) is 73.0 Å². The molecule has 3 amide bonds. The normalized spacial score (nSPS) is 18.7. The molecule has 4 aromatic carbocycles. The van der Waals surface area contributed by atoms with Gasteiger partial charge in [-0.2, -0.15) is 0 Å². The Bertz CT molecular complexity index is 2260. The summed E-state index contributed by atoms with van der Waals surface area (Å²) in [6, 6.07) is 29.7. The number of hydrogen-bond donors (Lipinski definition) is 2. The number of aromatic nitrogens is 1. The van der Waals surface area contributed by atoms with Crippen LogP contribution in [0.25, 0.3) is 22.2 Å². The first-order valence-electron chi connectivity index (χ1n) is 21.9. The Labute approximate surface area is 347 Å². The highest BCUT2D eigenvalue weighted by atomic mass is 16.5. The van der Waals surface area contributed by atoms with Gasteiger partial charge in [0.1, 0.15) is 17.5 Å². The van der Waals surface area contributed by atoms with Crippen LogP contribution in [0.3, 0.4) is 0 Å². The molecule has 2 aliphatic heterocycles. The maximum absolute atomic E-state index is 13.4. The van der Waals surface area contributed by atoms with E-state index in [1.54, 1.807) is 11.0 Å². The Morgan fingerprint density at radius 2 is 1.44 bits per heavy atom. The van der Waals surface area contributed by atoms with Gasteiger partial charge in [0.25, 0.3) is 5.91 Å². The summed E-state index contributed by atoms with van der Waals surface area (Å²) in [6.07, 6.45) is 14.2. The average molecular weight is 796 g/mol. The van der Waals surface area contributed by atoms with Crippen molar-refractivity contribution in [2.45, 2.75) is 122 Å². The third-order valence-electron chi connectivity index (χ3n) is 12.6. The molecule has 0 radical (unpaired) electrons. The van der Waals surface area contributed by atoms with E-state index in [0.29, 0.717) is 18.6 Å². The van der Waals surface area contributed by atoms with Gasteiger partial charge in [-0.3, -0.25) is 19.7 Å². The summed E-state index contributed by atoms with van der Waals surface area (Å²) in [5, 5.41) is 13.7. The number of amides is 3. The van der Waals surface area contributed by atoms with Gasteiger partial charge in [-0.25, -0.2) is 0 Å². The van der Waals surface area contributed by atoms with Crippen molar-refractivity contribution in [3.63, 3.8) is 0 Å². The van der Waals surface area contributed by atoms with Crippen molar-refractivity contribution in [1.29, 1.82) is 0 Å². The van der Waals surface area contributed by atoms with Gasteiger partial charge in [-0.15, -0.1) is 0 Å². The number of nitrogens with one attached hydrogen (secondary N) is 1. The second-order valence-electron chi connectivity index (χ2n) is 16.6. The average Bonchev–Trinajstić information content (AvgIpc) is 3.68. The number of imide groups is 1. The lowest BCUT2D eigenvalue weighted by atomic mass is 9.84. The van der Waals surface area contributed by atoms with Gasteiger partial charge < -0.3 is 24.0 Å². The molecule has 3 aliphatic rings. The van der Waals surface area contributed by atoms with Crippen LogP contribution in [0.2, 0.25) is 0 Å². The molecule has 1 saturated heterocycles. The lowest BCUT2D eigenvalue weighted by Crippen LogP contribution is -2.53. The number of carbonyl (C=O) groups is 3. The van der Waals surface area contributed by atoms with Crippen molar-refractivity contribution in [2.24, 2.45) is 0 Å². The van der Waals surface area contributed by atoms with Crippen LogP contribution in [0.15, 0.2) is 91.0 Å². The van der Waals surface area contributed by atoms with Gasteiger partial charge in [0, 0.05) is 36.0 Å². The number of piperidine rings is 1. The van der Waals surface area contributed by atoms with E-state index in [9.17, 15) is 19.5 Å². The standard InChI is InChI=1S/C50H57N3O6/c1-34-41-32-37(54)22-25-42(41)52(48(34)36-16-11-10-12-17-36)33-35-20-23-38(24-21-35)58-30-13-8-6-4-2-3-5-7-9-14-31-59-45-28-26-43-47-39(45)18-15-19-40(47)50(57)53(43)44-27-29-46(55)51-49(44)56/h10-12,15-25,32,43-45,54H,2-9,13-14,26-31,33H2,1H3,(H,51,55,56). The number of aryl methyl sites for hydroxylation is 1. The van der Waals surface area contributed by atoms with Gasteiger partial charge in [-0.1, -0.05) is 106 Å². The number of aromatic hydroxyl groups is 1. The zero-order valence-electron chi connectivity index (χ0n) is 34.3. The smallest absolute Gasteiger partial charge is 0.255 e. The predicted molar refractivity (Wildman–Crippen MR) is 230 cm³/mol. The monoisotopic (exact) mass is 795 g/mol. The summed E-state index contributed by atoms with van der Waals surface area (Å²) in [5.74, 6) is 0.459. The quantitative estimate of drug-likeness (QED) is 0.0636. The number of ether oxygens (including phenoxy) is 2. The van der Waals surface area contributed by atoms with E-state index in [1.807, 2.05) is 30.3 Å². The largest absolute Gasteiger partial charge is 0.508 e. The Morgan fingerprint density at radius 3 is 2.17 bits per heavy atom. The number of rotatable bonds is 19. The maximum atomic E-state index is 13.4. The number of nitrogens with zero attached hydrogens (tertiary/aromatic N) is 2. The van der Waals surface area contributed by atoms with Crippen molar-refractivity contribution >= 4 is 28.6 Å². The topological polar surface area (TPSA) is 110 Å². The molecule has 3 heterocycles. The van der Waals surface area contributed by atoms with Gasteiger partial charge in [0.2, 0.25) is 11.8 Å². The molecule has 5 aromatic rings. The number of phenolic OH excluding ortho intramolecular Hbond substituents is 1. The van der Waals surface area contributed by atoms with Gasteiger partial charge >= 0.3 is 0 Å². The minimum Gasteiger partial charge on any atom is -0.508 e.